The summed E-state index contributed by atoms with van der Waals surface area (Å²) in [4.78, 5) is 4.12. The van der Waals surface area contributed by atoms with Crippen LogP contribution in [-0.4, -0.2) is 16.4 Å². The first-order valence-electron chi connectivity index (χ1n) is 4.13. The van der Waals surface area contributed by atoms with Crippen molar-refractivity contribution in [3.05, 3.63) is 48.0 Å². The molecule has 2 rings (SSSR count). The highest BCUT2D eigenvalue weighted by Gasteiger charge is 1.90. The third kappa shape index (κ3) is 2.04. The maximum atomic E-state index is 12.5. The number of aromatic amines is 1. The monoisotopic (exact) mass is 189 g/mol. The number of H-pyrrole nitrogens is 1. The van der Waals surface area contributed by atoms with E-state index < -0.39 is 0 Å². The van der Waals surface area contributed by atoms with Gasteiger partial charge in [-0.2, -0.15) is 5.10 Å². The van der Waals surface area contributed by atoms with Gasteiger partial charge in [-0.05, 0) is 17.7 Å². The van der Waals surface area contributed by atoms with E-state index in [1.807, 2.05) is 0 Å². The van der Waals surface area contributed by atoms with Crippen LogP contribution in [0, 0.1) is 5.82 Å². The fourth-order valence-corrected chi connectivity index (χ4v) is 1.01. The molecule has 0 saturated heterocycles. The van der Waals surface area contributed by atoms with Crippen molar-refractivity contribution in [2.45, 2.75) is 0 Å². The number of rotatable bonds is 2. The molecular weight excluding hydrogens is 181 g/mol. The van der Waals surface area contributed by atoms with Crippen LogP contribution >= 0.6 is 0 Å². The minimum absolute atomic E-state index is 0.245. The number of benzene rings is 1. The van der Waals surface area contributed by atoms with E-state index in [2.05, 4.69) is 15.2 Å². The van der Waals surface area contributed by atoms with Crippen LogP contribution in [-0.2, 0) is 0 Å². The first-order valence-corrected chi connectivity index (χ1v) is 4.13. The van der Waals surface area contributed by atoms with Crippen LogP contribution in [0.2, 0.25) is 0 Å². The number of halogens is 1. The van der Waals surface area contributed by atoms with Crippen molar-refractivity contribution < 1.29 is 4.39 Å². The second-order valence-corrected chi connectivity index (χ2v) is 2.77. The Morgan fingerprint density at radius 3 is 2.71 bits per heavy atom. The Balaban J connectivity index is 2.15. The zero-order valence-corrected chi connectivity index (χ0v) is 7.31. The van der Waals surface area contributed by atoms with E-state index in [1.54, 1.807) is 30.7 Å². The van der Waals surface area contributed by atoms with Crippen molar-refractivity contribution >= 4 is 11.9 Å². The minimum atomic E-state index is -0.245. The Morgan fingerprint density at radius 1 is 1.29 bits per heavy atom. The number of nitrogens with zero attached hydrogens (tertiary/aromatic N) is 2. The van der Waals surface area contributed by atoms with Crippen LogP contribution in [0.15, 0.2) is 41.7 Å². The van der Waals surface area contributed by atoms with Gasteiger partial charge in [0, 0.05) is 12.4 Å². The fourth-order valence-electron chi connectivity index (χ4n) is 1.01. The number of hydrogen-bond acceptors (Lipinski definition) is 2. The lowest BCUT2D eigenvalue weighted by Crippen LogP contribution is -1.80. The Labute approximate surface area is 80.3 Å². The van der Waals surface area contributed by atoms with E-state index in [4.69, 9.17) is 0 Å². The van der Waals surface area contributed by atoms with E-state index in [9.17, 15) is 4.39 Å². The van der Waals surface area contributed by atoms with Gasteiger partial charge in [0.15, 0.2) is 0 Å². The molecule has 0 amide bonds. The number of nitrogens with one attached hydrogen (secondary N) is 1. The predicted octanol–water partition coefficient (Wildman–Crippen LogP) is 2.30. The summed E-state index contributed by atoms with van der Waals surface area (Å²) in [5.41, 5.74) is 1.60. The third-order valence-electron chi connectivity index (χ3n) is 1.72. The second-order valence-electron chi connectivity index (χ2n) is 2.77. The zero-order valence-electron chi connectivity index (χ0n) is 7.31. The van der Waals surface area contributed by atoms with Crippen molar-refractivity contribution in [1.82, 2.24) is 10.2 Å². The minimum Gasteiger partial charge on any atom is -0.283 e. The van der Waals surface area contributed by atoms with Crippen molar-refractivity contribution in [2.24, 2.45) is 4.99 Å². The number of aromatic nitrogens is 2. The Morgan fingerprint density at radius 2 is 2.07 bits per heavy atom. The molecule has 0 aliphatic carbocycles. The smallest absolute Gasteiger partial charge is 0.123 e. The molecule has 2 aromatic rings. The first-order chi connectivity index (χ1) is 6.84. The average Bonchev–Trinajstić information content (AvgIpc) is 2.70. The molecule has 0 saturated carbocycles. The molecule has 70 valence electrons. The van der Waals surface area contributed by atoms with Crippen LogP contribution < -0.4 is 0 Å². The van der Waals surface area contributed by atoms with Crippen molar-refractivity contribution in [3.63, 3.8) is 0 Å². The van der Waals surface area contributed by atoms with Gasteiger partial charge in [0.2, 0.25) is 0 Å². The zero-order chi connectivity index (χ0) is 9.80. The van der Waals surface area contributed by atoms with Crippen LogP contribution in [0.5, 0.6) is 0 Å². The molecule has 0 radical (unpaired) electrons. The van der Waals surface area contributed by atoms with Gasteiger partial charge in [-0.25, -0.2) is 4.39 Å². The van der Waals surface area contributed by atoms with Crippen LogP contribution in [0.1, 0.15) is 5.56 Å². The standard InChI is InChI=1S/C10H8FN3/c11-9-3-1-8(2-4-9)5-12-10-6-13-14-7-10/h1-7H,(H,13,14). The lowest BCUT2D eigenvalue weighted by atomic mass is 10.2. The molecular formula is C10H8FN3. The van der Waals surface area contributed by atoms with Gasteiger partial charge >= 0.3 is 0 Å². The van der Waals surface area contributed by atoms with Crippen LogP contribution in [0.3, 0.4) is 0 Å². The Kier molecular flexibility index (Phi) is 2.36. The molecule has 0 bridgehead atoms. The van der Waals surface area contributed by atoms with Crippen LogP contribution in [0.4, 0.5) is 10.1 Å². The topological polar surface area (TPSA) is 41.0 Å². The molecule has 0 aliphatic heterocycles. The highest BCUT2D eigenvalue weighted by atomic mass is 19.1. The van der Waals surface area contributed by atoms with Gasteiger partial charge in [-0.15, -0.1) is 0 Å². The lowest BCUT2D eigenvalue weighted by molar-refractivity contribution is 0.628. The molecule has 1 aromatic heterocycles. The molecule has 0 atom stereocenters. The molecule has 3 nitrogen and oxygen atoms in total. The number of aliphatic imine (C=N–C) groups is 1. The van der Waals surface area contributed by atoms with Gasteiger partial charge < -0.3 is 0 Å². The summed E-state index contributed by atoms with van der Waals surface area (Å²) in [5, 5.41) is 6.40. The highest BCUT2D eigenvalue weighted by Crippen LogP contribution is 2.07. The van der Waals surface area contributed by atoms with Crippen molar-refractivity contribution in [2.75, 3.05) is 0 Å². The molecule has 1 N–H and O–H groups in total. The second kappa shape index (κ2) is 3.83. The maximum Gasteiger partial charge on any atom is 0.123 e. The summed E-state index contributed by atoms with van der Waals surface area (Å²) in [6, 6.07) is 6.13. The molecule has 1 aromatic carbocycles. The lowest BCUT2D eigenvalue weighted by Gasteiger charge is -1.90. The Hall–Kier alpha value is -1.97. The molecule has 4 heteroatoms. The summed E-state index contributed by atoms with van der Waals surface area (Å²) in [7, 11) is 0. The maximum absolute atomic E-state index is 12.5. The molecule has 14 heavy (non-hydrogen) atoms. The Bertz CT molecular complexity index is 417. The van der Waals surface area contributed by atoms with Crippen LogP contribution in [0.25, 0.3) is 0 Å². The first kappa shape index (κ1) is 8.62. The SMILES string of the molecule is Fc1ccc(C=Nc2cn[nH]c2)cc1. The van der Waals surface area contributed by atoms with Gasteiger partial charge in [-0.3, -0.25) is 10.1 Å². The molecule has 0 unspecified atom stereocenters. The summed E-state index contributed by atoms with van der Waals surface area (Å²) < 4.78 is 12.5. The van der Waals surface area contributed by atoms with Crippen molar-refractivity contribution in [3.8, 4) is 0 Å². The third-order valence-corrected chi connectivity index (χ3v) is 1.72. The van der Waals surface area contributed by atoms with E-state index >= 15 is 0 Å². The van der Waals surface area contributed by atoms with E-state index in [-0.39, 0.29) is 5.82 Å². The normalized spacial score (nSPS) is 10.9. The average molecular weight is 189 g/mol. The predicted molar refractivity (Wildman–Crippen MR) is 52.2 cm³/mol. The molecule has 1 heterocycles. The summed E-state index contributed by atoms with van der Waals surface area (Å²) >= 11 is 0. The van der Waals surface area contributed by atoms with Gasteiger partial charge in [0.1, 0.15) is 11.5 Å². The van der Waals surface area contributed by atoms with E-state index in [1.165, 1.54) is 12.1 Å². The fraction of sp³-hybridized carbons (Fsp3) is 0. The number of hydrogen-bond donors (Lipinski definition) is 1. The van der Waals surface area contributed by atoms with E-state index in [0.717, 1.165) is 11.3 Å². The van der Waals surface area contributed by atoms with Gasteiger partial charge in [0.25, 0.3) is 0 Å². The van der Waals surface area contributed by atoms with Gasteiger partial charge in [0.05, 0.1) is 6.20 Å². The largest absolute Gasteiger partial charge is 0.283 e. The highest BCUT2D eigenvalue weighted by molar-refractivity contribution is 5.81. The summed E-state index contributed by atoms with van der Waals surface area (Å²) in [6.07, 6.45) is 4.95. The molecule has 0 spiro atoms. The quantitative estimate of drug-likeness (QED) is 0.723. The van der Waals surface area contributed by atoms with Crippen molar-refractivity contribution in [1.29, 1.82) is 0 Å². The summed E-state index contributed by atoms with van der Waals surface area (Å²) in [6.45, 7) is 0. The molecule has 0 aliphatic rings. The molecule has 0 fully saturated rings. The van der Waals surface area contributed by atoms with E-state index in [0.29, 0.717) is 0 Å². The van der Waals surface area contributed by atoms with Gasteiger partial charge in [-0.1, -0.05) is 12.1 Å². The summed E-state index contributed by atoms with van der Waals surface area (Å²) in [5.74, 6) is -0.245.